The van der Waals surface area contributed by atoms with E-state index in [0.29, 0.717) is 24.3 Å². The maximum atomic E-state index is 13.4. The Labute approximate surface area is 111 Å². The van der Waals surface area contributed by atoms with Gasteiger partial charge in [-0.25, -0.2) is 26.0 Å². The number of halogens is 4. The van der Waals surface area contributed by atoms with Crippen LogP contribution in [-0.4, -0.2) is 8.42 Å². The van der Waals surface area contributed by atoms with E-state index in [1.165, 1.54) is 0 Å². The van der Waals surface area contributed by atoms with Crippen LogP contribution < -0.4 is 4.72 Å². The molecule has 0 unspecified atom stereocenters. The highest BCUT2D eigenvalue weighted by Crippen LogP contribution is 2.22. The lowest BCUT2D eigenvalue weighted by molar-refractivity contribution is 0.555. The number of nitrogens with one attached hydrogen (secondary N) is 1. The second-order valence-corrected chi connectivity index (χ2v) is 5.46. The van der Waals surface area contributed by atoms with Crippen molar-refractivity contribution in [1.82, 2.24) is 0 Å². The molecule has 0 saturated heterocycles. The summed E-state index contributed by atoms with van der Waals surface area (Å²) in [5.41, 5.74) is -0.700. The summed E-state index contributed by atoms with van der Waals surface area (Å²) in [5, 5.41) is 0. The van der Waals surface area contributed by atoms with Crippen LogP contribution in [0.5, 0.6) is 0 Å². The minimum Gasteiger partial charge on any atom is -0.276 e. The van der Waals surface area contributed by atoms with Gasteiger partial charge in [0.15, 0.2) is 0 Å². The molecule has 2 aromatic carbocycles. The summed E-state index contributed by atoms with van der Waals surface area (Å²) >= 11 is 0. The first kappa shape index (κ1) is 14.3. The van der Waals surface area contributed by atoms with Gasteiger partial charge in [-0.1, -0.05) is 0 Å². The highest BCUT2D eigenvalue weighted by molar-refractivity contribution is 7.92. The fraction of sp³-hybridized carbons (Fsp3) is 0. The van der Waals surface area contributed by atoms with Crippen LogP contribution in [0.1, 0.15) is 0 Å². The number of rotatable bonds is 3. The lowest BCUT2D eigenvalue weighted by Gasteiger charge is -2.09. The minimum absolute atomic E-state index is 0.439. The summed E-state index contributed by atoms with van der Waals surface area (Å²) < 4.78 is 78.0. The van der Waals surface area contributed by atoms with E-state index in [-0.39, 0.29) is 0 Å². The first-order chi connectivity index (χ1) is 9.29. The van der Waals surface area contributed by atoms with Crippen LogP contribution in [0.4, 0.5) is 23.2 Å². The third-order valence-corrected chi connectivity index (χ3v) is 3.74. The van der Waals surface area contributed by atoms with Gasteiger partial charge in [0.2, 0.25) is 0 Å². The first-order valence-electron chi connectivity index (χ1n) is 5.22. The zero-order valence-electron chi connectivity index (χ0n) is 9.70. The molecule has 8 heteroatoms. The van der Waals surface area contributed by atoms with Crippen molar-refractivity contribution in [3.63, 3.8) is 0 Å². The standard InChI is InChI=1S/C12H7F4NO2S/c13-7-1-3-9(15)11(5-7)17-20(18,19)12-6-8(14)2-4-10(12)16/h1-6,17H. The molecule has 0 saturated carbocycles. The van der Waals surface area contributed by atoms with E-state index in [9.17, 15) is 26.0 Å². The molecule has 0 amide bonds. The van der Waals surface area contributed by atoms with Gasteiger partial charge < -0.3 is 0 Å². The highest BCUT2D eigenvalue weighted by atomic mass is 32.2. The Kier molecular flexibility index (Phi) is 3.67. The predicted octanol–water partition coefficient (Wildman–Crippen LogP) is 3.04. The van der Waals surface area contributed by atoms with Gasteiger partial charge in [-0.15, -0.1) is 0 Å². The van der Waals surface area contributed by atoms with Crippen LogP contribution in [0.15, 0.2) is 41.3 Å². The number of anilines is 1. The summed E-state index contributed by atoms with van der Waals surface area (Å²) in [5.74, 6) is -4.13. The second-order valence-electron chi connectivity index (χ2n) is 3.80. The van der Waals surface area contributed by atoms with Crippen molar-refractivity contribution in [3.8, 4) is 0 Å². The molecule has 0 aliphatic carbocycles. The van der Waals surface area contributed by atoms with Crippen LogP contribution in [0.25, 0.3) is 0 Å². The maximum absolute atomic E-state index is 13.4. The van der Waals surface area contributed by atoms with Crippen LogP contribution in [0, 0.1) is 23.3 Å². The molecule has 0 bridgehead atoms. The lowest BCUT2D eigenvalue weighted by Crippen LogP contribution is -2.16. The topological polar surface area (TPSA) is 46.2 Å². The third kappa shape index (κ3) is 2.90. The van der Waals surface area contributed by atoms with Crippen molar-refractivity contribution in [3.05, 3.63) is 59.7 Å². The first-order valence-corrected chi connectivity index (χ1v) is 6.71. The van der Waals surface area contributed by atoms with Gasteiger partial charge in [0.1, 0.15) is 28.2 Å². The summed E-state index contributed by atoms with van der Waals surface area (Å²) in [4.78, 5) is -0.999. The summed E-state index contributed by atoms with van der Waals surface area (Å²) in [7, 11) is -4.58. The third-order valence-electron chi connectivity index (χ3n) is 2.36. The van der Waals surface area contributed by atoms with Crippen molar-refractivity contribution < 1.29 is 26.0 Å². The number of hydrogen-bond donors (Lipinski definition) is 1. The van der Waals surface area contributed by atoms with E-state index in [1.54, 1.807) is 4.72 Å². The zero-order chi connectivity index (χ0) is 14.9. The monoisotopic (exact) mass is 305 g/mol. The van der Waals surface area contributed by atoms with Gasteiger partial charge in [-0.05, 0) is 30.3 Å². The Morgan fingerprint density at radius 2 is 1.35 bits per heavy atom. The van der Waals surface area contributed by atoms with E-state index < -0.39 is 43.9 Å². The lowest BCUT2D eigenvalue weighted by atomic mass is 10.3. The quantitative estimate of drug-likeness (QED) is 0.886. The number of hydrogen-bond acceptors (Lipinski definition) is 2. The second kappa shape index (κ2) is 5.12. The Morgan fingerprint density at radius 1 is 0.800 bits per heavy atom. The molecule has 1 N–H and O–H groups in total. The average molecular weight is 305 g/mol. The molecule has 2 aromatic rings. The van der Waals surface area contributed by atoms with Crippen molar-refractivity contribution >= 4 is 15.7 Å². The SMILES string of the molecule is O=S(=O)(Nc1cc(F)ccc1F)c1cc(F)ccc1F. The van der Waals surface area contributed by atoms with Crippen LogP contribution in [-0.2, 0) is 10.0 Å². The molecule has 0 aliphatic heterocycles. The predicted molar refractivity (Wildman–Crippen MR) is 63.5 cm³/mol. The van der Waals surface area contributed by atoms with Gasteiger partial charge in [-0.2, -0.15) is 0 Å². The van der Waals surface area contributed by atoms with Crippen LogP contribution >= 0.6 is 0 Å². The normalized spacial score (nSPS) is 11.4. The van der Waals surface area contributed by atoms with Gasteiger partial charge in [0.25, 0.3) is 10.0 Å². The zero-order valence-corrected chi connectivity index (χ0v) is 10.5. The molecule has 0 heterocycles. The van der Waals surface area contributed by atoms with Crippen molar-refractivity contribution in [2.24, 2.45) is 0 Å². The summed E-state index contributed by atoms with van der Waals surface area (Å²) in [6.07, 6.45) is 0. The minimum atomic E-state index is -4.58. The van der Waals surface area contributed by atoms with Gasteiger partial charge in [0.05, 0.1) is 5.69 Å². The Bertz CT molecular complexity index is 762. The molecule has 106 valence electrons. The number of benzene rings is 2. The van der Waals surface area contributed by atoms with Crippen LogP contribution in [0.3, 0.4) is 0 Å². The summed E-state index contributed by atoms with van der Waals surface area (Å²) in [6, 6.07) is 3.87. The van der Waals surface area contributed by atoms with Crippen molar-refractivity contribution in [2.45, 2.75) is 4.90 Å². The van der Waals surface area contributed by atoms with Crippen molar-refractivity contribution in [1.29, 1.82) is 0 Å². The van der Waals surface area contributed by atoms with Gasteiger partial charge >= 0.3 is 0 Å². The fourth-order valence-electron chi connectivity index (χ4n) is 1.46. The molecule has 0 aromatic heterocycles. The van der Waals surface area contributed by atoms with E-state index in [4.69, 9.17) is 0 Å². The molecule has 3 nitrogen and oxygen atoms in total. The molecule has 0 spiro atoms. The van der Waals surface area contributed by atoms with E-state index in [1.807, 2.05) is 0 Å². The molecular weight excluding hydrogens is 298 g/mol. The Hall–Kier alpha value is -2.09. The Balaban J connectivity index is 2.46. The molecule has 20 heavy (non-hydrogen) atoms. The fourth-order valence-corrected chi connectivity index (χ4v) is 2.61. The molecule has 0 aliphatic rings. The van der Waals surface area contributed by atoms with Crippen LogP contribution in [0.2, 0.25) is 0 Å². The number of sulfonamides is 1. The largest absolute Gasteiger partial charge is 0.276 e. The van der Waals surface area contributed by atoms with E-state index >= 15 is 0 Å². The summed E-state index contributed by atoms with van der Waals surface area (Å²) in [6.45, 7) is 0. The molecule has 2 rings (SSSR count). The molecular formula is C12H7F4NO2S. The van der Waals surface area contributed by atoms with Gasteiger partial charge in [0, 0.05) is 6.07 Å². The van der Waals surface area contributed by atoms with Gasteiger partial charge in [-0.3, -0.25) is 4.72 Å². The smallest absolute Gasteiger partial charge is 0.265 e. The molecule has 0 atom stereocenters. The van der Waals surface area contributed by atoms with E-state index in [0.717, 1.165) is 12.1 Å². The van der Waals surface area contributed by atoms with E-state index in [2.05, 4.69) is 0 Å². The molecule has 0 radical (unpaired) electrons. The average Bonchev–Trinajstić information content (AvgIpc) is 2.36. The maximum Gasteiger partial charge on any atom is 0.265 e. The van der Waals surface area contributed by atoms with Crippen molar-refractivity contribution in [2.75, 3.05) is 4.72 Å². The Morgan fingerprint density at radius 3 is 2.00 bits per heavy atom. The highest BCUT2D eigenvalue weighted by Gasteiger charge is 2.21. The molecule has 0 fully saturated rings.